The molecule has 0 saturated heterocycles. The van der Waals surface area contributed by atoms with Crippen molar-refractivity contribution in [2.75, 3.05) is 13.2 Å². The minimum atomic E-state index is -4.53. The summed E-state index contributed by atoms with van der Waals surface area (Å²) in [5, 5.41) is 8.10. The van der Waals surface area contributed by atoms with Gasteiger partial charge in [-0.15, -0.1) is 0 Å². The Balaban J connectivity index is 1.56. The molecule has 11 heteroatoms. The van der Waals surface area contributed by atoms with Gasteiger partial charge in [-0.25, -0.2) is 13.8 Å². The molecule has 1 aromatic carbocycles. The average molecular weight is 479 g/mol. The van der Waals surface area contributed by atoms with Gasteiger partial charge in [0.25, 0.3) is 5.88 Å². The zero-order chi connectivity index (χ0) is 24.3. The summed E-state index contributed by atoms with van der Waals surface area (Å²) in [6.07, 6.45) is 1.93. The molecule has 0 fully saturated rings. The molecule has 1 aliphatic heterocycles. The van der Waals surface area contributed by atoms with Gasteiger partial charge in [-0.05, 0) is 36.8 Å². The van der Waals surface area contributed by atoms with Crippen molar-refractivity contribution in [3.63, 3.8) is 0 Å². The summed E-state index contributed by atoms with van der Waals surface area (Å²) in [5.41, 5.74) is 0.426. The summed E-state index contributed by atoms with van der Waals surface area (Å²) in [7, 11) is 0. The first-order valence-electron chi connectivity index (χ1n) is 10.1. The van der Waals surface area contributed by atoms with E-state index in [1.807, 2.05) is 0 Å². The van der Waals surface area contributed by atoms with Crippen LogP contribution in [0.3, 0.4) is 0 Å². The average Bonchev–Trinajstić information content (AvgIpc) is 2.78. The van der Waals surface area contributed by atoms with Crippen LogP contribution in [0.1, 0.15) is 17.9 Å². The van der Waals surface area contributed by atoms with E-state index in [4.69, 9.17) is 19.6 Å². The van der Waals surface area contributed by atoms with E-state index in [0.29, 0.717) is 12.0 Å². The maximum absolute atomic E-state index is 14.0. The van der Waals surface area contributed by atoms with Gasteiger partial charge in [-0.2, -0.15) is 13.2 Å². The van der Waals surface area contributed by atoms with Gasteiger partial charge in [0.2, 0.25) is 0 Å². The summed E-state index contributed by atoms with van der Waals surface area (Å²) in [5.74, 6) is -2.05. The third-order valence-electron chi connectivity index (χ3n) is 4.88. The fourth-order valence-corrected chi connectivity index (χ4v) is 3.36. The van der Waals surface area contributed by atoms with Gasteiger partial charge < -0.3 is 18.8 Å². The van der Waals surface area contributed by atoms with Crippen LogP contribution in [0.15, 0.2) is 54.9 Å². The highest BCUT2D eigenvalue weighted by molar-refractivity contribution is 5.44. The Morgan fingerprint density at radius 3 is 2.82 bits per heavy atom. The number of nitrogens with zero attached hydrogens (tertiary/aromatic N) is 2. The predicted octanol–water partition coefficient (Wildman–Crippen LogP) is 5.41. The highest BCUT2D eigenvalue weighted by Gasteiger charge is 2.29. The lowest BCUT2D eigenvalue weighted by Crippen LogP contribution is -2.19. The summed E-state index contributed by atoms with van der Waals surface area (Å²) in [4.78, 5) is 3.91. The lowest BCUT2D eigenvalue weighted by Gasteiger charge is -2.24. The Hall–Kier alpha value is -3.89. The van der Waals surface area contributed by atoms with Crippen molar-refractivity contribution < 1.29 is 36.2 Å². The molecule has 4 rings (SSSR count). The molecule has 0 radical (unpaired) electrons. The number of aromatic nitrogens is 2. The highest BCUT2D eigenvalue weighted by Crippen LogP contribution is 2.37. The summed E-state index contributed by atoms with van der Waals surface area (Å²) in [6, 6.07) is 7.53. The molecule has 0 amide bonds. The molecule has 178 valence electrons. The van der Waals surface area contributed by atoms with Gasteiger partial charge in [-0.1, -0.05) is 6.08 Å². The Bertz CT molecular complexity index is 1270. The zero-order valence-corrected chi connectivity index (χ0v) is 17.5. The Labute approximate surface area is 190 Å². The van der Waals surface area contributed by atoms with Crippen LogP contribution in [0.25, 0.3) is 6.20 Å². The summed E-state index contributed by atoms with van der Waals surface area (Å²) in [6.45, 7) is -1.26. The number of ether oxygens (including phenoxy) is 3. The number of hydrogen-bond acceptors (Lipinski definition) is 5. The van der Waals surface area contributed by atoms with E-state index in [1.165, 1.54) is 53.5 Å². The standard InChI is InChI=1S/C23H18F5N3O3/c24-15-10-17-14(6-9-32-21(17)18(25)11-15)5-8-31-12-16(3-4-20(31)29)34-22-19(2-1-7-30-22)33-13-23(26,27)28/h1-5,7-8,10-12,14,29H,6,9,13H2/b8-5+,29-20?. The largest absolute Gasteiger partial charge is 0.490 e. The Morgan fingerprint density at radius 2 is 2.03 bits per heavy atom. The van der Waals surface area contributed by atoms with Gasteiger partial charge in [0, 0.05) is 29.9 Å². The topological polar surface area (TPSA) is 69.4 Å². The number of allylic oxidation sites excluding steroid dienone is 1. The van der Waals surface area contributed by atoms with Crippen molar-refractivity contribution in [1.29, 1.82) is 5.41 Å². The van der Waals surface area contributed by atoms with Crippen LogP contribution < -0.4 is 19.7 Å². The second-order valence-electron chi connectivity index (χ2n) is 7.36. The lowest BCUT2D eigenvalue weighted by molar-refractivity contribution is -0.153. The van der Waals surface area contributed by atoms with Gasteiger partial charge in [0.05, 0.1) is 12.8 Å². The van der Waals surface area contributed by atoms with Crippen molar-refractivity contribution in [1.82, 2.24) is 9.55 Å². The molecule has 0 aliphatic carbocycles. The quantitative estimate of drug-likeness (QED) is 0.480. The molecule has 3 heterocycles. The Kier molecular flexibility index (Phi) is 6.53. The van der Waals surface area contributed by atoms with Crippen LogP contribution in [0.4, 0.5) is 22.0 Å². The molecule has 1 aliphatic rings. The summed E-state index contributed by atoms with van der Waals surface area (Å²) < 4.78 is 82.3. The summed E-state index contributed by atoms with van der Waals surface area (Å²) >= 11 is 0. The number of alkyl halides is 3. The van der Waals surface area contributed by atoms with Gasteiger partial charge >= 0.3 is 6.18 Å². The van der Waals surface area contributed by atoms with E-state index in [2.05, 4.69) is 4.98 Å². The van der Waals surface area contributed by atoms with Crippen LogP contribution in [0.2, 0.25) is 0 Å². The van der Waals surface area contributed by atoms with E-state index in [1.54, 1.807) is 6.08 Å². The first kappa shape index (κ1) is 23.3. The molecule has 0 saturated carbocycles. The van der Waals surface area contributed by atoms with Crippen LogP contribution in [0.5, 0.6) is 23.1 Å². The lowest BCUT2D eigenvalue weighted by atomic mass is 9.93. The number of halogens is 5. The van der Waals surface area contributed by atoms with E-state index < -0.39 is 24.4 Å². The third-order valence-corrected chi connectivity index (χ3v) is 4.88. The molecule has 6 nitrogen and oxygen atoms in total. The fraction of sp³-hybridized carbons (Fsp3) is 0.217. The number of rotatable bonds is 6. The van der Waals surface area contributed by atoms with E-state index in [-0.39, 0.29) is 41.1 Å². The maximum Gasteiger partial charge on any atom is 0.422 e. The van der Waals surface area contributed by atoms with Crippen molar-refractivity contribution in [2.24, 2.45) is 0 Å². The van der Waals surface area contributed by atoms with Crippen LogP contribution in [-0.2, 0) is 0 Å². The molecular weight excluding hydrogens is 461 g/mol. The number of benzene rings is 1. The molecule has 1 atom stereocenters. The smallest absolute Gasteiger partial charge is 0.422 e. The third kappa shape index (κ3) is 5.53. The van der Waals surface area contributed by atoms with Crippen LogP contribution in [0, 0.1) is 17.0 Å². The maximum atomic E-state index is 14.0. The molecule has 1 N–H and O–H groups in total. The number of fused-ring (bicyclic) bond motifs is 1. The fourth-order valence-electron chi connectivity index (χ4n) is 3.36. The van der Waals surface area contributed by atoms with Gasteiger partial charge in [-0.3, -0.25) is 5.41 Å². The SMILES string of the molecule is N=c1ccc(Oc2ncccc2OCC(F)(F)F)cn1/C=C/C1CCOc2c(F)cc(F)cc21. The monoisotopic (exact) mass is 479 g/mol. The first-order valence-corrected chi connectivity index (χ1v) is 10.1. The second-order valence-corrected chi connectivity index (χ2v) is 7.36. The minimum Gasteiger partial charge on any atom is -0.490 e. The molecule has 3 aromatic rings. The molecule has 1 unspecified atom stereocenters. The number of nitrogens with one attached hydrogen (secondary N) is 1. The Morgan fingerprint density at radius 1 is 1.21 bits per heavy atom. The van der Waals surface area contributed by atoms with E-state index in [9.17, 15) is 22.0 Å². The van der Waals surface area contributed by atoms with Crippen molar-refractivity contribution >= 4 is 6.20 Å². The van der Waals surface area contributed by atoms with Crippen molar-refractivity contribution in [3.05, 3.63) is 77.6 Å². The minimum absolute atomic E-state index is 0.00276. The van der Waals surface area contributed by atoms with E-state index in [0.717, 1.165) is 6.07 Å². The predicted molar refractivity (Wildman–Crippen MR) is 111 cm³/mol. The molecule has 0 bridgehead atoms. The molecule has 34 heavy (non-hydrogen) atoms. The molecular formula is C23H18F5N3O3. The molecule has 2 aromatic heterocycles. The van der Waals surface area contributed by atoms with Crippen LogP contribution >= 0.6 is 0 Å². The highest BCUT2D eigenvalue weighted by atomic mass is 19.4. The van der Waals surface area contributed by atoms with Gasteiger partial charge in [0.15, 0.2) is 23.9 Å². The van der Waals surface area contributed by atoms with Gasteiger partial charge in [0.1, 0.15) is 17.1 Å². The van der Waals surface area contributed by atoms with Crippen molar-refractivity contribution in [3.8, 4) is 23.1 Å². The van der Waals surface area contributed by atoms with Crippen molar-refractivity contribution in [2.45, 2.75) is 18.5 Å². The normalized spacial score (nSPS) is 15.6. The number of hydrogen-bond donors (Lipinski definition) is 1. The first-order chi connectivity index (χ1) is 16.2. The second kappa shape index (κ2) is 9.54. The van der Waals surface area contributed by atoms with Crippen LogP contribution in [-0.4, -0.2) is 28.9 Å². The number of pyridine rings is 2. The molecule has 0 spiro atoms. The zero-order valence-electron chi connectivity index (χ0n) is 17.5. The van der Waals surface area contributed by atoms with E-state index >= 15 is 0 Å².